The first kappa shape index (κ1) is 14.2. The first-order valence-electron chi connectivity index (χ1n) is 5.44. The summed E-state index contributed by atoms with van der Waals surface area (Å²) in [5, 5.41) is 8.79. The fourth-order valence-corrected chi connectivity index (χ4v) is 3.03. The number of hydrogen-bond acceptors (Lipinski definition) is 5. The minimum atomic E-state index is -3.89. The highest BCUT2D eigenvalue weighted by atomic mass is 35.5. The predicted octanol–water partition coefficient (Wildman–Crippen LogP) is 2.11. The normalized spacial score (nSPS) is 10.8. The summed E-state index contributed by atoms with van der Waals surface area (Å²) in [5.74, 6) is -0.0593. The molecular weight excluding hydrogens is 300 g/mol. The Labute approximate surface area is 121 Å². The molecule has 8 heteroatoms. The van der Waals surface area contributed by atoms with Crippen molar-refractivity contribution >= 4 is 27.4 Å². The molecule has 0 bridgehead atoms. The van der Waals surface area contributed by atoms with E-state index in [1.807, 2.05) is 6.07 Å². The summed E-state index contributed by atoms with van der Waals surface area (Å²) in [6.07, 6.45) is 2.67. The average Bonchev–Trinajstić information content (AvgIpc) is 2.41. The molecule has 1 heterocycles. The van der Waals surface area contributed by atoms with Crippen molar-refractivity contribution in [3.8, 4) is 6.07 Å². The Kier molecular flexibility index (Phi) is 3.88. The highest BCUT2D eigenvalue weighted by molar-refractivity contribution is 7.92. The molecule has 0 radical (unpaired) electrons. The van der Waals surface area contributed by atoms with E-state index in [4.69, 9.17) is 16.9 Å². The molecule has 0 saturated heterocycles. The Bertz CT molecular complexity index is 799. The van der Waals surface area contributed by atoms with E-state index in [9.17, 15) is 8.42 Å². The Morgan fingerprint density at radius 2 is 2.00 bits per heavy atom. The summed E-state index contributed by atoms with van der Waals surface area (Å²) < 4.78 is 26.8. The van der Waals surface area contributed by atoms with Gasteiger partial charge in [0.05, 0.1) is 16.5 Å². The van der Waals surface area contributed by atoms with Crippen molar-refractivity contribution in [1.29, 1.82) is 5.26 Å². The zero-order valence-electron chi connectivity index (χ0n) is 10.3. The second-order valence-electron chi connectivity index (χ2n) is 3.89. The number of benzene rings is 1. The number of halogens is 1. The fraction of sp³-hybridized carbons (Fsp3) is 0.0833. The first-order valence-corrected chi connectivity index (χ1v) is 7.30. The van der Waals surface area contributed by atoms with E-state index in [-0.39, 0.29) is 21.4 Å². The molecular formula is C12H9ClN4O2S. The standard InChI is InChI=1S/C12H9ClN4O2S/c1-8-2-3-9(7-14)6-10(8)20(18,19)17-12-11(13)15-4-5-16-12/h2-6H,1H3,(H,16,17). The molecule has 0 fully saturated rings. The molecule has 1 aromatic heterocycles. The number of aromatic nitrogens is 2. The third kappa shape index (κ3) is 2.87. The maximum Gasteiger partial charge on any atom is 0.263 e. The number of nitriles is 1. The maximum atomic E-state index is 12.3. The van der Waals surface area contributed by atoms with Gasteiger partial charge in [0.25, 0.3) is 10.0 Å². The molecule has 0 saturated carbocycles. The summed E-state index contributed by atoms with van der Waals surface area (Å²) in [5.41, 5.74) is 0.762. The number of anilines is 1. The topological polar surface area (TPSA) is 95.7 Å². The van der Waals surface area contributed by atoms with Gasteiger partial charge in [-0.3, -0.25) is 4.72 Å². The minimum Gasteiger partial charge on any atom is -0.261 e. The van der Waals surface area contributed by atoms with E-state index in [0.717, 1.165) is 0 Å². The van der Waals surface area contributed by atoms with Gasteiger partial charge in [-0.1, -0.05) is 17.7 Å². The highest BCUT2D eigenvalue weighted by Gasteiger charge is 2.19. The van der Waals surface area contributed by atoms with Gasteiger partial charge in [-0.05, 0) is 24.6 Å². The van der Waals surface area contributed by atoms with E-state index < -0.39 is 10.0 Å². The number of sulfonamides is 1. The van der Waals surface area contributed by atoms with Crippen molar-refractivity contribution in [2.24, 2.45) is 0 Å². The molecule has 0 atom stereocenters. The zero-order valence-corrected chi connectivity index (χ0v) is 11.9. The van der Waals surface area contributed by atoms with E-state index in [1.54, 1.807) is 19.1 Å². The van der Waals surface area contributed by atoms with E-state index in [0.29, 0.717) is 5.56 Å². The van der Waals surface area contributed by atoms with Crippen LogP contribution in [0.1, 0.15) is 11.1 Å². The Morgan fingerprint density at radius 1 is 1.30 bits per heavy atom. The molecule has 0 aliphatic carbocycles. The molecule has 102 valence electrons. The first-order chi connectivity index (χ1) is 9.44. The lowest BCUT2D eigenvalue weighted by atomic mass is 10.2. The number of rotatable bonds is 3. The van der Waals surface area contributed by atoms with Crippen LogP contribution in [0.2, 0.25) is 5.15 Å². The second-order valence-corrected chi connectivity index (χ2v) is 5.90. The molecule has 20 heavy (non-hydrogen) atoms. The van der Waals surface area contributed by atoms with E-state index in [1.165, 1.54) is 18.5 Å². The van der Waals surface area contributed by atoms with Gasteiger partial charge in [0.15, 0.2) is 11.0 Å². The number of hydrogen-bond donors (Lipinski definition) is 1. The maximum absolute atomic E-state index is 12.3. The molecule has 2 aromatic rings. The van der Waals surface area contributed by atoms with Gasteiger partial charge in [-0.2, -0.15) is 5.26 Å². The van der Waals surface area contributed by atoms with Crippen LogP contribution in [0.4, 0.5) is 5.82 Å². The molecule has 1 N–H and O–H groups in total. The molecule has 0 amide bonds. The van der Waals surface area contributed by atoms with Crippen LogP contribution in [-0.4, -0.2) is 18.4 Å². The SMILES string of the molecule is Cc1ccc(C#N)cc1S(=O)(=O)Nc1nccnc1Cl. The third-order valence-electron chi connectivity index (χ3n) is 2.49. The number of nitrogens with one attached hydrogen (secondary N) is 1. The summed E-state index contributed by atoms with van der Waals surface area (Å²) in [6.45, 7) is 1.63. The van der Waals surface area contributed by atoms with Gasteiger partial charge in [0.2, 0.25) is 0 Å². The smallest absolute Gasteiger partial charge is 0.261 e. The van der Waals surface area contributed by atoms with Gasteiger partial charge in [-0.15, -0.1) is 0 Å². The van der Waals surface area contributed by atoms with E-state index in [2.05, 4.69) is 14.7 Å². The summed E-state index contributed by atoms with van der Waals surface area (Å²) in [7, 11) is -3.89. The summed E-state index contributed by atoms with van der Waals surface area (Å²) >= 11 is 5.76. The Balaban J connectivity index is 2.47. The van der Waals surface area contributed by atoms with Crippen molar-refractivity contribution in [2.75, 3.05) is 4.72 Å². The van der Waals surface area contributed by atoms with Gasteiger partial charge in [-0.25, -0.2) is 18.4 Å². The van der Waals surface area contributed by atoms with Gasteiger partial charge in [0.1, 0.15) is 0 Å². The third-order valence-corrected chi connectivity index (χ3v) is 4.25. The largest absolute Gasteiger partial charge is 0.263 e. The molecule has 6 nitrogen and oxygen atoms in total. The highest BCUT2D eigenvalue weighted by Crippen LogP contribution is 2.22. The Hall–Kier alpha value is -2.17. The molecule has 1 aromatic carbocycles. The molecule has 2 rings (SSSR count). The summed E-state index contributed by atoms with van der Waals surface area (Å²) in [4.78, 5) is 7.55. The quantitative estimate of drug-likeness (QED) is 0.936. The van der Waals surface area contributed by atoms with Crippen LogP contribution in [0.25, 0.3) is 0 Å². The van der Waals surface area contributed by atoms with Gasteiger partial charge in [0, 0.05) is 12.4 Å². The second kappa shape index (κ2) is 5.45. The van der Waals surface area contributed by atoms with Gasteiger partial charge >= 0.3 is 0 Å². The van der Waals surface area contributed by atoms with Crippen LogP contribution < -0.4 is 4.72 Å². The molecule has 0 spiro atoms. The van der Waals surface area contributed by atoms with Crippen molar-refractivity contribution in [2.45, 2.75) is 11.8 Å². The lowest BCUT2D eigenvalue weighted by Crippen LogP contribution is -2.16. The average molecular weight is 309 g/mol. The van der Waals surface area contributed by atoms with Crippen molar-refractivity contribution in [3.63, 3.8) is 0 Å². The van der Waals surface area contributed by atoms with Crippen LogP contribution in [-0.2, 0) is 10.0 Å². The predicted molar refractivity (Wildman–Crippen MR) is 73.7 cm³/mol. The fourth-order valence-electron chi connectivity index (χ4n) is 1.53. The van der Waals surface area contributed by atoms with Crippen molar-refractivity contribution in [3.05, 3.63) is 46.9 Å². The summed E-state index contributed by atoms with van der Waals surface area (Å²) in [6, 6.07) is 6.30. The Morgan fingerprint density at radius 3 is 2.65 bits per heavy atom. The zero-order chi connectivity index (χ0) is 14.8. The molecule has 0 aliphatic rings. The van der Waals surface area contributed by atoms with Crippen LogP contribution >= 0.6 is 11.6 Å². The lowest BCUT2D eigenvalue weighted by molar-refractivity contribution is 0.600. The van der Waals surface area contributed by atoms with Crippen LogP contribution in [0, 0.1) is 18.3 Å². The molecule has 0 unspecified atom stereocenters. The number of aryl methyl sites for hydroxylation is 1. The van der Waals surface area contributed by atoms with Crippen LogP contribution in [0.15, 0.2) is 35.5 Å². The van der Waals surface area contributed by atoms with Crippen LogP contribution in [0.5, 0.6) is 0 Å². The van der Waals surface area contributed by atoms with E-state index >= 15 is 0 Å². The number of nitrogens with zero attached hydrogens (tertiary/aromatic N) is 3. The van der Waals surface area contributed by atoms with Crippen molar-refractivity contribution < 1.29 is 8.42 Å². The van der Waals surface area contributed by atoms with Crippen molar-refractivity contribution in [1.82, 2.24) is 9.97 Å². The lowest BCUT2D eigenvalue weighted by Gasteiger charge is -2.10. The monoisotopic (exact) mass is 308 g/mol. The molecule has 0 aliphatic heterocycles. The van der Waals surface area contributed by atoms with Crippen LogP contribution in [0.3, 0.4) is 0 Å². The minimum absolute atomic E-state index is 0.00160. The van der Waals surface area contributed by atoms with Gasteiger partial charge < -0.3 is 0 Å².